The van der Waals surface area contributed by atoms with Gasteiger partial charge in [0.15, 0.2) is 0 Å². The fourth-order valence-electron chi connectivity index (χ4n) is 9.47. The highest BCUT2D eigenvalue weighted by atomic mass is 32.2. The number of methoxy groups -OCH3 is 1. The van der Waals surface area contributed by atoms with Crippen molar-refractivity contribution < 1.29 is 32.6 Å². The number of nitrogens with zero attached hydrogens (tertiary/aromatic N) is 3. The summed E-state index contributed by atoms with van der Waals surface area (Å²) in [4.78, 5) is 43.9. The van der Waals surface area contributed by atoms with Gasteiger partial charge in [-0.25, -0.2) is 17.9 Å². The molecule has 12 heteroatoms. The molecule has 1 aromatic heterocycles. The van der Waals surface area contributed by atoms with Crippen molar-refractivity contribution in [3.05, 3.63) is 63.9 Å². The molecule has 11 nitrogen and oxygen atoms in total. The molecule has 1 aromatic carbocycles. The molecule has 2 saturated heterocycles. The van der Waals surface area contributed by atoms with E-state index < -0.39 is 38.7 Å². The van der Waals surface area contributed by atoms with Gasteiger partial charge < -0.3 is 24.2 Å². The first-order valence-electron chi connectivity index (χ1n) is 18.4. The Kier molecular flexibility index (Phi) is 8.23. The van der Waals surface area contributed by atoms with E-state index in [1.54, 1.807) is 12.0 Å². The first-order chi connectivity index (χ1) is 24.5. The largest absolute Gasteiger partial charge is 0.496 e. The molecule has 270 valence electrons. The van der Waals surface area contributed by atoms with Crippen LogP contribution in [-0.2, 0) is 19.6 Å². The number of carboxylic acid groups (broad SMARTS) is 1. The number of benzene rings is 1. The minimum atomic E-state index is -3.88. The molecule has 0 radical (unpaired) electrons. The van der Waals surface area contributed by atoms with Crippen LogP contribution in [0.2, 0.25) is 0 Å². The molecule has 2 N–H and O–H groups in total. The number of fused-ring (bicyclic) bond motifs is 6. The number of hydrogen-bond acceptors (Lipinski definition) is 6. The maximum absolute atomic E-state index is 14.7. The number of amides is 3. The van der Waals surface area contributed by atoms with Crippen LogP contribution in [-0.4, -0.2) is 83.3 Å². The molecule has 51 heavy (non-hydrogen) atoms. The number of nitrogens with one attached hydrogen (secondary N) is 1. The zero-order valence-electron chi connectivity index (χ0n) is 29.5. The predicted octanol–water partition coefficient (Wildman–Crippen LogP) is 6.18. The maximum atomic E-state index is 14.7. The van der Waals surface area contributed by atoms with Crippen LogP contribution in [0.1, 0.15) is 95.2 Å². The normalized spacial score (nSPS) is 22.9. The van der Waals surface area contributed by atoms with Crippen molar-refractivity contribution in [2.24, 2.45) is 5.92 Å². The van der Waals surface area contributed by atoms with Crippen molar-refractivity contribution in [2.75, 3.05) is 26.7 Å². The number of carbonyl (C=O) groups is 3. The van der Waals surface area contributed by atoms with Gasteiger partial charge in [0, 0.05) is 47.9 Å². The number of likely N-dealkylation sites (tertiary alicyclic amines) is 2. The summed E-state index contributed by atoms with van der Waals surface area (Å²) < 4.78 is 35.9. The van der Waals surface area contributed by atoms with Gasteiger partial charge in [-0.3, -0.25) is 9.59 Å². The Morgan fingerprint density at radius 3 is 2.45 bits per heavy atom. The third-order valence-electron chi connectivity index (χ3n) is 12.3. The van der Waals surface area contributed by atoms with Gasteiger partial charge in [0.2, 0.25) is 15.9 Å². The summed E-state index contributed by atoms with van der Waals surface area (Å²) in [5, 5.41) is 10.0. The second-order valence-corrected chi connectivity index (χ2v) is 17.5. The SMILES string of the molecule is COc1ccc(C2CCCCC2)c2c1cc1n2C=C2C(C(=O)NS(=O)(=O)C(C)C)=C2C2=C1[C@H](C(=O)N1CCC3(CCCN3C(=O)O)CC1)CC=C2. The number of aromatic nitrogens is 1. The van der Waals surface area contributed by atoms with Crippen LogP contribution in [0.15, 0.2) is 52.6 Å². The Hall–Kier alpha value is -4.32. The molecule has 3 amide bonds. The lowest BCUT2D eigenvalue weighted by Gasteiger charge is -2.44. The Morgan fingerprint density at radius 1 is 1.02 bits per heavy atom. The number of piperidine rings is 1. The smallest absolute Gasteiger partial charge is 0.407 e. The van der Waals surface area contributed by atoms with E-state index in [0.29, 0.717) is 61.5 Å². The number of carbonyl (C=O) groups excluding carboxylic acids is 2. The summed E-state index contributed by atoms with van der Waals surface area (Å²) in [7, 11) is -2.21. The van der Waals surface area contributed by atoms with E-state index >= 15 is 0 Å². The molecule has 1 atom stereocenters. The number of sulfonamides is 1. The van der Waals surface area contributed by atoms with Gasteiger partial charge in [-0.2, -0.15) is 0 Å². The fourth-order valence-corrected chi connectivity index (χ4v) is 10.1. The standard InChI is InChI=1S/C39H46N4O7S/c1-23(2)51(48,49)40-36(44)34-29-22-42-30(21-28-31(50-3)14-13-25(35(28)42)24-9-5-4-6-10-24)32-26(33(29)34)11-7-12-27(32)37(45)41-19-16-39(17-20-41)15-8-18-43(39)38(46)47/h7,11,13-14,21-24,27H,4-6,8-10,12,15-20H2,1-3H3,(H,40,44)(H,46,47)/t27-/m1/s1. The highest BCUT2D eigenvalue weighted by molar-refractivity contribution is 7.90. The summed E-state index contributed by atoms with van der Waals surface area (Å²) in [5.41, 5.74) is 5.91. The van der Waals surface area contributed by atoms with Crippen molar-refractivity contribution in [2.45, 2.75) is 94.8 Å². The Labute approximate surface area is 298 Å². The first kappa shape index (κ1) is 33.8. The van der Waals surface area contributed by atoms with Gasteiger partial charge in [0.25, 0.3) is 5.91 Å². The third-order valence-corrected chi connectivity index (χ3v) is 14.0. The lowest BCUT2D eigenvalue weighted by atomic mass is 9.81. The zero-order valence-corrected chi connectivity index (χ0v) is 30.4. The molecule has 1 spiro atoms. The summed E-state index contributed by atoms with van der Waals surface area (Å²) >= 11 is 0. The number of allylic oxidation sites excluding steroid dienone is 4. The van der Waals surface area contributed by atoms with Crippen molar-refractivity contribution in [3.8, 4) is 5.75 Å². The summed E-state index contributed by atoms with van der Waals surface area (Å²) in [6.45, 7) is 4.54. The minimum Gasteiger partial charge on any atom is -0.496 e. The van der Waals surface area contributed by atoms with Crippen LogP contribution in [0.25, 0.3) is 22.7 Å². The number of hydrogen-bond donors (Lipinski definition) is 2. The van der Waals surface area contributed by atoms with Crippen LogP contribution in [0, 0.1) is 5.92 Å². The average molecular weight is 715 g/mol. The predicted molar refractivity (Wildman–Crippen MR) is 194 cm³/mol. The minimum absolute atomic E-state index is 0.0177. The molecular formula is C39H46N4O7S. The zero-order chi connectivity index (χ0) is 35.8. The van der Waals surface area contributed by atoms with Gasteiger partial charge in [-0.05, 0) is 93.6 Å². The molecule has 0 bridgehead atoms. The summed E-state index contributed by atoms with van der Waals surface area (Å²) in [5.74, 6) is -0.140. The van der Waals surface area contributed by atoms with E-state index in [-0.39, 0.29) is 5.91 Å². The molecular weight excluding hydrogens is 669 g/mol. The van der Waals surface area contributed by atoms with Crippen molar-refractivity contribution in [1.82, 2.24) is 19.1 Å². The number of ether oxygens (including phenoxy) is 1. The van der Waals surface area contributed by atoms with Crippen LogP contribution in [0.4, 0.5) is 4.79 Å². The summed E-state index contributed by atoms with van der Waals surface area (Å²) in [6.07, 6.45) is 14.0. The van der Waals surface area contributed by atoms with E-state index in [1.807, 2.05) is 29.3 Å². The first-order valence-corrected chi connectivity index (χ1v) is 20.0. The molecule has 2 aromatic rings. The van der Waals surface area contributed by atoms with Gasteiger partial charge >= 0.3 is 6.09 Å². The fraction of sp³-hybridized carbons (Fsp3) is 0.513. The van der Waals surface area contributed by atoms with Gasteiger partial charge in [-0.1, -0.05) is 37.5 Å². The second kappa shape index (κ2) is 12.4. The van der Waals surface area contributed by atoms with E-state index in [2.05, 4.69) is 21.4 Å². The highest BCUT2D eigenvalue weighted by Gasteiger charge is 2.49. The Bertz CT molecular complexity index is 2090. The van der Waals surface area contributed by atoms with Crippen LogP contribution >= 0.6 is 0 Å². The topological polar surface area (TPSA) is 138 Å². The summed E-state index contributed by atoms with van der Waals surface area (Å²) in [6, 6.07) is 6.31. The molecule has 6 aliphatic rings. The number of rotatable bonds is 6. The highest BCUT2D eigenvalue weighted by Crippen LogP contribution is 2.55. The Morgan fingerprint density at radius 2 is 1.76 bits per heavy atom. The molecule has 8 rings (SSSR count). The van der Waals surface area contributed by atoms with Crippen molar-refractivity contribution in [1.29, 1.82) is 0 Å². The van der Waals surface area contributed by atoms with E-state index in [0.717, 1.165) is 72.0 Å². The Balaban J connectivity index is 1.25. The monoisotopic (exact) mass is 714 g/mol. The molecule has 4 heterocycles. The van der Waals surface area contributed by atoms with E-state index in [9.17, 15) is 27.9 Å². The molecule has 3 fully saturated rings. The van der Waals surface area contributed by atoms with Crippen molar-refractivity contribution >= 4 is 50.6 Å². The van der Waals surface area contributed by atoms with E-state index in [4.69, 9.17) is 4.74 Å². The molecule has 1 saturated carbocycles. The average Bonchev–Trinajstić information content (AvgIpc) is 3.55. The van der Waals surface area contributed by atoms with Gasteiger partial charge in [0.1, 0.15) is 5.75 Å². The van der Waals surface area contributed by atoms with E-state index in [1.165, 1.54) is 25.8 Å². The van der Waals surface area contributed by atoms with Crippen LogP contribution in [0.5, 0.6) is 5.75 Å². The molecule has 3 aliphatic carbocycles. The lowest BCUT2D eigenvalue weighted by Crippen LogP contribution is -2.55. The lowest BCUT2D eigenvalue weighted by molar-refractivity contribution is -0.136. The maximum Gasteiger partial charge on any atom is 0.407 e. The van der Waals surface area contributed by atoms with Crippen LogP contribution in [0.3, 0.4) is 0 Å². The molecule has 0 unspecified atom stereocenters. The molecule has 3 aliphatic heterocycles. The van der Waals surface area contributed by atoms with Gasteiger partial charge in [-0.15, -0.1) is 0 Å². The second-order valence-electron chi connectivity index (χ2n) is 15.3. The van der Waals surface area contributed by atoms with Gasteiger partial charge in [0.05, 0.1) is 35.1 Å². The third kappa shape index (κ3) is 5.43. The van der Waals surface area contributed by atoms with Crippen molar-refractivity contribution in [3.63, 3.8) is 0 Å². The quantitative estimate of drug-likeness (QED) is 0.365. The van der Waals surface area contributed by atoms with Crippen LogP contribution < -0.4 is 9.46 Å².